The summed E-state index contributed by atoms with van der Waals surface area (Å²) in [5.74, 6) is 0. The molecule has 0 aliphatic carbocycles. The van der Waals surface area contributed by atoms with Crippen molar-refractivity contribution in [3.63, 3.8) is 0 Å². The number of allylic oxidation sites excluding steroid dienone is 3. The zero-order chi connectivity index (χ0) is 4.12. The van der Waals surface area contributed by atoms with E-state index in [4.69, 9.17) is 6.58 Å². The summed E-state index contributed by atoms with van der Waals surface area (Å²) < 4.78 is 0. The molecular weight excluding hydrogens is 99.2 g/mol. The van der Waals surface area contributed by atoms with Crippen molar-refractivity contribution in [2.45, 2.75) is 6.92 Å². The molecule has 0 radical (unpaired) electrons. The van der Waals surface area contributed by atoms with Gasteiger partial charge in [0.1, 0.15) is 0 Å². The molecule has 0 aromatic carbocycles. The van der Waals surface area contributed by atoms with E-state index in [0.717, 1.165) is 0 Å². The molecule has 0 unspecified atom stereocenters. The van der Waals surface area contributed by atoms with Crippen molar-refractivity contribution in [3.05, 3.63) is 24.8 Å². The predicted octanol–water partition coefficient (Wildman–Crippen LogP) is -1.44. The van der Waals surface area contributed by atoms with Gasteiger partial charge in [-0.2, -0.15) is 6.08 Å². The van der Waals surface area contributed by atoms with Crippen LogP contribution >= 0.6 is 0 Å². The van der Waals surface area contributed by atoms with E-state index in [1.54, 1.807) is 6.08 Å². The molecular formula is C5H7K. The Bertz CT molecular complexity index is 45.9. The molecule has 0 spiro atoms. The Labute approximate surface area is 81.7 Å². The van der Waals surface area contributed by atoms with Crippen LogP contribution in [0.1, 0.15) is 6.92 Å². The third-order valence-corrected chi connectivity index (χ3v) is 0.304. The molecule has 0 bridgehead atoms. The summed E-state index contributed by atoms with van der Waals surface area (Å²) in [6.45, 7) is 6.85. The van der Waals surface area contributed by atoms with Crippen LogP contribution in [0.5, 0.6) is 0 Å². The molecule has 0 atom stereocenters. The maximum absolute atomic E-state index is 4.93. The fourth-order valence-electron chi connectivity index (χ4n) is 0.111. The van der Waals surface area contributed by atoms with Crippen LogP contribution in [0.25, 0.3) is 0 Å². The van der Waals surface area contributed by atoms with Crippen LogP contribution in [0.3, 0.4) is 0 Å². The van der Waals surface area contributed by atoms with Gasteiger partial charge in [0.15, 0.2) is 0 Å². The van der Waals surface area contributed by atoms with Gasteiger partial charge in [-0.25, -0.2) is 12.2 Å². The van der Waals surface area contributed by atoms with E-state index in [-0.39, 0.29) is 51.4 Å². The van der Waals surface area contributed by atoms with E-state index in [0.29, 0.717) is 0 Å². The monoisotopic (exact) mass is 106 g/mol. The first kappa shape index (κ1) is 10.2. The van der Waals surface area contributed by atoms with Crippen molar-refractivity contribution in [3.8, 4) is 0 Å². The van der Waals surface area contributed by atoms with Crippen molar-refractivity contribution in [2.24, 2.45) is 0 Å². The zero-order valence-corrected chi connectivity index (χ0v) is 7.43. The Balaban J connectivity index is 0. The van der Waals surface area contributed by atoms with Crippen molar-refractivity contribution >= 4 is 0 Å². The Kier molecular flexibility index (Phi) is 16.0. The van der Waals surface area contributed by atoms with Crippen LogP contribution in [-0.2, 0) is 0 Å². The summed E-state index contributed by atoms with van der Waals surface area (Å²) in [5, 5.41) is 0. The average Bonchev–Trinajstić information content (AvgIpc) is 1.41. The van der Waals surface area contributed by atoms with Crippen LogP contribution in [0.4, 0.5) is 0 Å². The van der Waals surface area contributed by atoms with Gasteiger partial charge in [-0.05, 0) is 0 Å². The van der Waals surface area contributed by atoms with Gasteiger partial charge in [0.25, 0.3) is 0 Å². The molecule has 1 heteroatoms. The second-order valence-electron chi connectivity index (χ2n) is 0.718. The molecule has 0 saturated heterocycles. The van der Waals surface area contributed by atoms with Crippen LogP contribution in [0, 0.1) is 6.58 Å². The maximum Gasteiger partial charge on any atom is 1.00 e. The van der Waals surface area contributed by atoms with Gasteiger partial charge in [0.05, 0.1) is 0 Å². The molecule has 0 aliphatic rings. The summed E-state index contributed by atoms with van der Waals surface area (Å²) >= 11 is 0. The van der Waals surface area contributed by atoms with E-state index < -0.39 is 0 Å². The number of hydrogen-bond donors (Lipinski definition) is 0. The van der Waals surface area contributed by atoms with Gasteiger partial charge in [-0.1, -0.05) is 6.92 Å². The van der Waals surface area contributed by atoms with Crippen LogP contribution in [0.2, 0.25) is 0 Å². The second-order valence-corrected chi connectivity index (χ2v) is 0.718. The van der Waals surface area contributed by atoms with Crippen molar-refractivity contribution in [1.29, 1.82) is 0 Å². The molecule has 0 heterocycles. The topological polar surface area (TPSA) is 0 Å². The summed E-state index contributed by atoms with van der Waals surface area (Å²) in [7, 11) is 0. The second kappa shape index (κ2) is 9.45. The van der Waals surface area contributed by atoms with Gasteiger partial charge in [-0.3, -0.25) is 6.58 Å². The zero-order valence-electron chi connectivity index (χ0n) is 4.31. The number of hydrogen-bond acceptors (Lipinski definition) is 0. The standard InChI is InChI=1S/C5H7.K/c1-3-5-4-2;/h1,3-5H,2H3;/q-1;+1/b5-4+;. The van der Waals surface area contributed by atoms with E-state index in [2.05, 4.69) is 0 Å². The Morgan fingerprint density at radius 1 is 1.50 bits per heavy atom. The summed E-state index contributed by atoms with van der Waals surface area (Å²) in [6.07, 6.45) is 5.15. The van der Waals surface area contributed by atoms with Gasteiger partial charge < -0.3 is 0 Å². The van der Waals surface area contributed by atoms with Gasteiger partial charge in [-0.15, -0.1) is 0 Å². The summed E-state index contributed by atoms with van der Waals surface area (Å²) in [4.78, 5) is 0. The third kappa shape index (κ3) is 8.93. The fraction of sp³-hybridized carbons (Fsp3) is 0.200. The molecule has 0 fully saturated rings. The molecule has 28 valence electrons. The van der Waals surface area contributed by atoms with E-state index >= 15 is 0 Å². The molecule has 0 aromatic rings. The van der Waals surface area contributed by atoms with E-state index in [1.165, 1.54) is 6.08 Å². The van der Waals surface area contributed by atoms with Crippen LogP contribution in [0.15, 0.2) is 18.2 Å². The first-order chi connectivity index (χ1) is 2.41. The number of rotatable bonds is 1. The smallest absolute Gasteiger partial charge is 0.293 e. The van der Waals surface area contributed by atoms with Crippen LogP contribution < -0.4 is 51.4 Å². The minimum Gasteiger partial charge on any atom is -0.293 e. The Hall–Kier alpha value is 1.12. The molecule has 0 aliphatic heterocycles. The van der Waals surface area contributed by atoms with Gasteiger partial charge >= 0.3 is 51.4 Å². The molecule has 0 nitrogen and oxygen atoms in total. The quantitative estimate of drug-likeness (QED) is 0.218. The average molecular weight is 106 g/mol. The molecule has 6 heavy (non-hydrogen) atoms. The molecule has 0 aromatic heterocycles. The van der Waals surface area contributed by atoms with E-state index in [1.807, 2.05) is 13.0 Å². The normalized spacial score (nSPS) is 7.50. The van der Waals surface area contributed by atoms with Gasteiger partial charge in [0.2, 0.25) is 0 Å². The summed E-state index contributed by atoms with van der Waals surface area (Å²) in [5.41, 5.74) is 0. The molecule has 0 N–H and O–H groups in total. The molecule has 0 rings (SSSR count). The molecule has 0 saturated carbocycles. The van der Waals surface area contributed by atoms with Crippen molar-refractivity contribution < 1.29 is 51.4 Å². The Morgan fingerprint density at radius 2 is 2.00 bits per heavy atom. The van der Waals surface area contributed by atoms with Crippen molar-refractivity contribution in [2.75, 3.05) is 0 Å². The fourth-order valence-corrected chi connectivity index (χ4v) is 0.111. The minimum absolute atomic E-state index is 0. The third-order valence-electron chi connectivity index (χ3n) is 0.304. The summed E-state index contributed by atoms with van der Waals surface area (Å²) in [6, 6.07) is 0. The predicted molar refractivity (Wildman–Crippen MR) is 23.7 cm³/mol. The van der Waals surface area contributed by atoms with Crippen LogP contribution in [-0.4, -0.2) is 0 Å². The van der Waals surface area contributed by atoms with Gasteiger partial charge in [0, 0.05) is 0 Å². The first-order valence-corrected chi connectivity index (χ1v) is 1.58. The van der Waals surface area contributed by atoms with Crippen molar-refractivity contribution in [1.82, 2.24) is 0 Å². The van der Waals surface area contributed by atoms with E-state index in [9.17, 15) is 0 Å². The Morgan fingerprint density at radius 3 is 2.00 bits per heavy atom. The maximum atomic E-state index is 4.93. The first-order valence-electron chi connectivity index (χ1n) is 1.58. The molecule has 0 amide bonds. The largest absolute Gasteiger partial charge is 1.00 e. The minimum atomic E-state index is 0. The SMILES string of the molecule is [CH-]=C/C=C/C.[K+].